The average molecular weight is 199 g/mol. The Labute approximate surface area is 91.6 Å². The molecule has 0 saturated heterocycles. The van der Waals surface area contributed by atoms with Gasteiger partial charge in [-0.25, -0.2) is 0 Å². The molecule has 0 aromatic heterocycles. The molecule has 1 heteroatoms. The van der Waals surface area contributed by atoms with Crippen LogP contribution in [0.15, 0.2) is 54.6 Å². The maximum absolute atomic E-state index is 5.36. The van der Waals surface area contributed by atoms with Gasteiger partial charge in [0.2, 0.25) is 0 Å². The van der Waals surface area contributed by atoms with Crippen LogP contribution in [0.5, 0.6) is 0 Å². The third kappa shape index (κ3) is 4.32. The fourth-order valence-corrected chi connectivity index (χ4v) is 1.12. The summed E-state index contributed by atoms with van der Waals surface area (Å²) in [6.07, 6.45) is 0. The van der Waals surface area contributed by atoms with Gasteiger partial charge in [0.15, 0.2) is 0 Å². The lowest BCUT2D eigenvalue weighted by atomic mass is 10.1. The van der Waals surface area contributed by atoms with Gasteiger partial charge in [0, 0.05) is 5.69 Å². The van der Waals surface area contributed by atoms with Gasteiger partial charge in [-0.2, -0.15) is 0 Å². The molecule has 1 nitrogen and oxygen atoms in total. The zero-order chi connectivity index (χ0) is 11.1. The second-order valence-electron chi connectivity index (χ2n) is 3.49. The molecule has 0 spiro atoms. The third-order valence-corrected chi connectivity index (χ3v) is 2.23. The summed E-state index contributed by atoms with van der Waals surface area (Å²) in [5.41, 5.74) is 8.92. The van der Waals surface area contributed by atoms with Crippen molar-refractivity contribution in [3.8, 4) is 0 Å². The highest BCUT2D eigenvalue weighted by molar-refractivity contribution is 5.35. The van der Waals surface area contributed by atoms with Gasteiger partial charge >= 0.3 is 0 Å². The topological polar surface area (TPSA) is 26.0 Å². The van der Waals surface area contributed by atoms with E-state index in [9.17, 15) is 0 Å². The Morgan fingerprint density at radius 2 is 1.07 bits per heavy atom. The summed E-state index contributed by atoms with van der Waals surface area (Å²) in [7, 11) is 0. The second kappa shape index (κ2) is 5.86. The van der Waals surface area contributed by atoms with Crippen molar-refractivity contribution < 1.29 is 0 Å². The molecular weight excluding hydrogens is 182 g/mol. The highest BCUT2D eigenvalue weighted by Gasteiger charge is 1.83. The van der Waals surface area contributed by atoms with Crippen LogP contribution in [0.25, 0.3) is 0 Å². The summed E-state index contributed by atoms with van der Waals surface area (Å²) >= 11 is 0. The van der Waals surface area contributed by atoms with Crippen molar-refractivity contribution in [2.75, 3.05) is 5.73 Å². The molecule has 0 saturated carbocycles. The molecule has 2 rings (SSSR count). The molecule has 2 aromatic carbocycles. The summed E-state index contributed by atoms with van der Waals surface area (Å²) in [6.45, 7) is 4.24. The van der Waals surface area contributed by atoms with Crippen LogP contribution in [-0.2, 0) is 0 Å². The molecule has 0 aliphatic carbocycles. The van der Waals surface area contributed by atoms with Crippen molar-refractivity contribution in [2.24, 2.45) is 0 Å². The molecule has 0 bridgehead atoms. The largest absolute Gasteiger partial charge is 0.399 e. The number of aryl methyl sites for hydroxylation is 2. The maximum atomic E-state index is 5.36. The highest BCUT2D eigenvalue weighted by Crippen LogP contribution is 2.02. The van der Waals surface area contributed by atoms with E-state index in [1.807, 2.05) is 30.3 Å². The molecule has 0 amide bonds. The quantitative estimate of drug-likeness (QED) is 0.645. The van der Waals surface area contributed by atoms with Crippen LogP contribution in [0, 0.1) is 13.8 Å². The van der Waals surface area contributed by atoms with E-state index in [2.05, 4.69) is 38.1 Å². The lowest BCUT2D eigenvalue weighted by Crippen LogP contribution is -1.79. The first kappa shape index (κ1) is 11.3. The van der Waals surface area contributed by atoms with Gasteiger partial charge in [-0.1, -0.05) is 42.5 Å². The number of nitrogen functional groups attached to an aromatic ring is 1. The maximum Gasteiger partial charge on any atom is 0.0313 e. The van der Waals surface area contributed by atoms with Crippen LogP contribution < -0.4 is 5.73 Å². The van der Waals surface area contributed by atoms with Crippen LogP contribution in [0.2, 0.25) is 0 Å². The second-order valence-corrected chi connectivity index (χ2v) is 3.49. The number of hydrogen-bond donors (Lipinski definition) is 1. The zero-order valence-electron chi connectivity index (χ0n) is 9.27. The van der Waals surface area contributed by atoms with Gasteiger partial charge < -0.3 is 5.73 Å². The van der Waals surface area contributed by atoms with Crippen molar-refractivity contribution >= 4 is 5.69 Å². The van der Waals surface area contributed by atoms with Gasteiger partial charge in [0.05, 0.1) is 0 Å². The first-order valence-electron chi connectivity index (χ1n) is 5.03. The molecule has 78 valence electrons. The first-order chi connectivity index (χ1) is 7.20. The molecule has 0 fully saturated rings. The van der Waals surface area contributed by atoms with E-state index in [-0.39, 0.29) is 0 Å². The standard InChI is InChI=1S/C8H10.C6H7N/c1-7-5-3-4-6-8(7)2;7-6-4-2-1-3-5-6/h3-6H,1-2H3;1-5H,7H2. The van der Waals surface area contributed by atoms with Crippen molar-refractivity contribution in [3.05, 3.63) is 65.7 Å². The molecule has 2 aromatic rings. The van der Waals surface area contributed by atoms with Gasteiger partial charge in [0.25, 0.3) is 0 Å². The van der Waals surface area contributed by atoms with Crippen LogP contribution in [0.4, 0.5) is 5.69 Å². The lowest BCUT2D eigenvalue weighted by molar-refractivity contribution is 1.34. The minimum Gasteiger partial charge on any atom is -0.399 e. The first-order valence-corrected chi connectivity index (χ1v) is 5.03. The van der Waals surface area contributed by atoms with E-state index in [4.69, 9.17) is 5.73 Å². The number of para-hydroxylation sites is 1. The van der Waals surface area contributed by atoms with Crippen LogP contribution >= 0.6 is 0 Å². The Morgan fingerprint density at radius 3 is 1.33 bits per heavy atom. The Balaban J connectivity index is 0.000000151. The summed E-state index contributed by atoms with van der Waals surface area (Å²) in [5.74, 6) is 0. The predicted molar refractivity (Wildman–Crippen MR) is 66.8 cm³/mol. The Hall–Kier alpha value is -1.76. The summed E-state index contributed by atoms with van der Waals surface area (Å²) < 4.78 is 0. The SMILES string of the molecule is Cc1ccccc1C.Nc1ccccc1. The fraction of sp³-hybridized carbons (Fsp3) is 0.143. The van der Waals surface area contributed by atoms with Gasteiger partial charge in [-0.15, -0.1) is 0 Å². The molecular formula is C14H17N. The molecule has 0 aliphatic rings. The van der Waals surface area contributed by atoms with Gasteiger partial charge in [0.1, 0.15) is 0 Å². The Kier molecular flexibility index (Phi) is 4.42. The van der Waals surface area contributed by atoms with Crippen molar-refractivity contribution in [1.82, 2.24) is 0 Å². The van der Waals surface area contributed by atoms with Crippen LogP contribution in [-0.4, -0.2) is 0 Å². The summed E-state index contributed by atoms with van der Waals surface area (Å²) in [6, 6.07) is 17.8. The molecule has 2 N–H and O–H groups in total. The Morgan fingerprint density at radius 1 is 0.667 bits per heavy atom. The summed E-state index contributed by atoms with van der Waals surface area (Å²) in [4.78, 5) is 0. The number of nitrogens with two attached hydrogens (primary N) is 1. The molecule has 0 atom stereocenters. The van der Waals surface area contributed by atoms with Crippen molar-refractivity contribution in [1.29, 1.82) is 0 Å². The average Bonchev–Trinajstić information content (AvgIpc) is 2.25. The highest BCUT2D eigenvalue weighted by atomic mass is 14.5. The van der Waals surface area contributed by atoms with Gasteiger partial charge in [-0.05, 0) is 37.1 Å². The number of rotatable bonds is 0. The predicted octanol–water partition coefficient (Wildman–Crippen LogP) is 3.57. The number of anilines is 1. The molecule has 15 heavy (non-hydrogen) atoms. The minimum absolute atomic E-state index is 0.822. The normalized spacial score (nSPS) is 8.93. The summed E-state index contributed by atoms with van der Waals surface area (Å²) in [5, 5.41) is 0. The molecule has 0 aliphatic heterocycles. The van der Waals surface area contributed by atoms with Crippen LogP contribution in [0.1, 0.15) is 11.1 Å². The zero-order valence-corrected chi connectivity index (χ0v) is 9.27. The van der Waals surface area contributed by atoms with E-state index in [0.29, 0.717) is 0 Å². The molecule has 0 heterocycles. The molecule has 0 unspecified atom stereocenters. The molecule has 0 radical (unpaired) electrons. The smallest absolute Gasteiger partial charge is 0.0313 e. The number of hydrogen-bond acceptors (Lipinski definition) is 1. The minimum atomic E-state index is 0.822. The van der Waals surface area contributed by atoms with E-state index < -0.39 is 0 Å². The third-order valence-electron chi connectivity index (χ3n) is 2.23. The number of benzene rings is 2. The lowest BCUT2D eigenvalue weighted by Gasteiger charge is -1.93. The van der Waals surface area contributed by atoms with Gasteiger partial charge in [-0.3, -0.25) is 0 Å². The van der Waals surface area contributed by atoms with E-state index in [1.165, 1.54) is 11.1 Å². The van der Waals surface area contributed by atoms with Crippen molar-refractivity contribution in [3.63, 3.8) is 0 Å². The Bertz CT molecular complexity index is 372. The van der Waals surface area contributed by atoms with E-state index in [1.54, 1.807) is 0 Å². The fourth-order valence-electron chi connectivity index (χ4n) is 1.12. The van der Waals surface area contributed by atoms with E-state index in [0.717, 1.165) is 5.69 Å². The monoisotopic (exact) mass is 199 g/mol. The van der Waals surface area contributed by atoms with E-state index >= 15 is 0 Å². The van der Waals surface area contributed by atoms with Crippen molar-refractivity contribution in [2.45, 2.75) is 13.8 Å². The van der Waals surface area contributed by atoms with Crippen LogP contribution in [0.3, 0.4) is 0 Å².